The van der Waals surface area contributed by atoms with Crippen LogP contribution in [0.15, 0.2) is 18.2 Å². The minimum atomic E-state index is -4.81. The van der Waals surface area contributed by atoms with Crippen molar-refractivity contribution in [1.82, 2.24) is 0 Å². The van der Waals surface area contributed by atoms with Crippen molar-refractivity contribution in [3.8, 4) is 0 Å². The highest BCUT2D eigenvalue weighted by atomic mass is 35.5. The van der Waals surface area contributed by atoms with Gasteiger partial charge in [-0.3, -0.25) is 0 Å². The van der Waals surface area contributed by atoms with Gasteiger partial charge in [0, 0.05) is 5.88 Å². The van der Waals surface area contributed by atoms with E-state index in [2.05, 4.69) is 0 Å². The number of benzene rings is 1. The van der Waals surface area contributed by atoms with E-state index in [1.54, 1.807) is 0 Å². The van der Waals surface area contributed by atoms with Crippen molar-refractivity contribution >= 4 is 17.6 Å². The van der Waals surface area contributed by atoms with Crippen LogP contribution in [-0.2, 0) is 10.9 Å². The van der Waals surface area contributed by atoms with Crippen molar-refractivity contribution in [3.05, 3.63) is 35.1 Å². The molecule has 0 spiro atoms. The molecule has 0 aliphatic carbocycles. The predicted molar refractivity (Wildman–Crippen MR) is 70.9 cm³/mol. The van der Waals surface area contributed by atoms with Gasteiger partial charge in [0.25, 0.3) is 0 Å². The molecule has 7 heteroatoms. The molecule has 0 aliphatic heterocycles. The van der Waals surface area contributed by atoms with Crippen LogP contribution in [0, 0.1) is 5.82 Å². The molecule has 0 atom stereocenters. The van der Waals surface area contributed by atoms with Crippen LogP contribution in [0.4, 0.5) is 17.6 Å². The Morgan fingerprint density at radius 2 is 1.81 bits per heavy atom. The highest BCUT2D eigenvalue weighted by Crippen LogP contribution is 2.32. The fraction of sp³-hybridized carbons (Fsp3) is 0.500. The smallest absolute Gasteiger partial charge is 0.417 e. The Morgan fingerprint density at radius 1 is 1.14 bits per heavy atom. The Hall–Kier alpha value is -1.30. The zero-order valence-electron chi connectivity index (χ0n) is 11.2. The third kappa shape index (κ3) is 5.91. The number of unbranched alkanes of at least 4 members (excludes halogenated alkanes) is 3. The van der Waals surface area contributed by atoms with E-state index < -0.39 is 29.1 Å². The van der Waals surface area contributed by atoms with Gasteiger partial charge >= 0.3 is 12.1 Å². The molecule has 0 fully saturated rings. The number of ether oxygens (including phenoxy) is 1. The molecular weight excluding hydrogens is 312 g/mol. The highest BCUT2D eigenvalue weighted by molar-refractivity contribution is 6.17. The highest BCUT2D eigenvalue weighted by Gasteiger charge is 2.36. The van der Waals surface area contributed by atoms with Crippen molar-refractivity contribution in [3.63, 3.8) is 0 Å². The molecule has 2 nitrogen and oxygen atoms in total. The number of carbonyl (C=O) groups is 1. The number of rotatable bonds is 7. The summed E-state index contributed by atoms with van der Waals surface area (Å²) in [6.45, 7) is 0.0236. The van der Waals surface area contributed by atoms with Gasteiger partial charge in [-0.05, 0) is 31.0 Å². The first kappa shape index (κ1) is 17.8. The summed E-state index contributed by atoms with van der Waals surface area (Å²) in [5, 5.41) is 0. The molecule has 1 rings (SSSR count). The van der Waals surface area contributed by atoms with Gasteiger partial charge in [-0.1, -0.05) is 12.8 Å². The second kappa shape index (κ2) is 8.22. The van der Waals surface area contributed by atoms with Crippen LogP contribution in [0.1, 0.15) is 41.6 Å². The lowest BCUT2D eigenvalue weighted by Crippen LogP contribution is -2.16. The van der Waals surface area contributed by atoms with Crippen LogP contribution < -0.4 is 0 Å². The summed E-state index contributed by atoms with van der Waals surface area (Å²) >= 11 is 5.50. The SMILES string of the molecule is O=C(OCCCCCCCl)c1ccc(F)cc1C(F)(F)F. The Balaban J connectivity index is 2.62. The minimum absolute atomic E-state index is 0.0236. The molecule has 0 bridgehead atoms. The maximum absolute atomic E-state index is 12.9. The molecule has 0 amide bonds. The Bertz CT molecular complexity index is 475. The average molecular weight is 327 g/mol. The van der Waals surface area contributed by atoms with Crippen LogP contribution in [0.5, 0.6) is 0 Å². The standard InChI is InChI=1S/C14H15ClF4O2/c15-7-3-1-2-4-8-21-13(20)11-6-5-10(16)9-12(11)14(17,18)19/h5-6,9H,1-4,7-8H2. The molecule has 21 heavy (non-hydrogen) atoms. The summed E-state index contributed by atoms with van der Waals surface area (Å²) in [5.74, 6) is -1.61. The van der Waals surface area contributed by atoms with Gasteiger partial charge in [0.2, 0.25) is 0 Å². The zero-order valence-corrected chi connectivity index (χ0v) is 11.9. The lowest BCUT2D eigenvalue weighted by molar-refractivity contribution is -0.138. The average Bonchev–Trinajstić information content (AvgIpc) is 2.41. The number of hydrogen-bond donors (Lipinski definition) is 0. The van der Waals surface area contributed by atoms with Crippen LogP contribution in [-0.4, -0.2) is 18.5 Å². The molecule has 0 aromatic heterocycles. The number of esters is 1. The molecule has 0 radical (unpaired) electrons. The first-order valence-electron chi connectivity index (χ1n) is 6.46. The van der Waals surface area contributed by atoms with E-state index in [9.17, 15) is 22.4 Å². The van der Waals surface area contributed by atoms with Gasteiger partial charge in [-0.25, -0.2) is 9.18 Å². The van der Waals surface area contributed by atoms with Crippen molar-refractivity contribution in [2.45, 2.75) is 31.9 Å². The van der Waals surface area contributed by atoms with Gasteiger partial charge in [-0.2, -0.15) is 13.2 Å². The van der Waals surface area contributed by atoms with E-state index in [4.69, 9.17) is 16.3 Å². The summed E-state index contributed by atoms with van der Waals surface area (Å²) in [7, 11) is 0. The third-order valence-corrected chi connectivity index (χ3v) is 3.04. The quantitative estimate of drug-likeness (QED) is 0.311. The van der Waals surface area contributed by atoms with Crippen LogP contribution in [0.25, 0.3) is 0 Å². The Labute approximate surface area is 125 Å². The fourth-order valence-electron chi connectivity index (χ4n) is 1.72. The number of alkyl halides is 4. The summed E-state index contributed by atoms with van der Waals surface area (Å²) in [5.41, 5.74) is -2.00. The summed E-state index contributed by atoms with van der Waals surface area (Å²) < 4.78 is 55.9. The zero-order chi connectivity index (χ0) is 15.9. The monoisotopic (exact) mass is 326 g/mol. The molecule has 0 aliphatic rings. The van der Waals surface area contributed by atoms with Gasteiger partial charge in [0.05, 0.1) is 17.7 Å². The third-order valence-electron chi connectivity index (χ3n) is 2.77. The molecule has 0 unspecified atom stereocenters. The van der Waals surface area contributed by atoms with E-state index in [0.717, 1.165) is 31.4 Å². The van der Waals surface area contributed by atoms with Crippen molar-refractivity contribution < 1.29 is 27.1 Å². The molecule has 118 valence electrons. The normalized spacial score (nSPS) is 11.5. The maximum atomic E-state index is 12.9. The molecule has 1 aromatic rings. The lowest BCUT2D eigenvalue weighted by Gasteiger charge is -2.12. The van der Waals surface area contributed by atoms with E-state index in [0.29, 0.717) is 12.3 Å². The second-order valence-electron chi connectivity index (χ2n) is 4.43. The Kier molecular flexibility index (Phi) is 6.95. The van der Waals surface area contributed by atoms with E-state index in [1.807, 2.05) is 0 Å². The number of hydrogen-bond acceptors (Lipinski definition) is 2. The minimum Gasteiger partial charge on any atom is -0.462 e. The van der Waals surface area contributed by atoms with Gasteiger partial charge in [-0.15, -0.1) is 11.6 Å². The molecule has 0 N–H and O–H groups in total. The molecular formula is C14H15ClF4O2. The number of halogens is 5. The van der Waals surface area contributed by atoms with Crippen molar-refractivity contribution in [2.75, 3.05) is 12.5 Å². The second-order valence-corrected chi connectivity index (χ2v) is 4.80. The molecule has 0 saturated carbocycles. The van der Waals surface area contributed by atoms with Crippen LogP contribution in [0.3, 0.4) is 0 Å². The summed E-state index contributed by atoms with van der Waals surface area (Å²) in [6.07, 6.45) is -1.78. The molecule has 0 heterocycles. The fourth-order valence-corrected chi connectivity index (χ4v) is 1.91. The van der Waals surface area contributed by atoms with Crippen molar-refractivity contribution in [1.29, 1.82) is 0 Å². The van der Waals surface area contributed by atoms with Crippen molar-refractivity contribution in [2.24, 2.45) is 0 Å². The van der Waals surface area contributed by atoms with Gasteiger partial charge < -0.3 is 4.74 Å². The van der Waals surface area contributed by atoms with Gasteiger partial charge in [0.1, 0.15) is 5.82 Å². The first-order chi connectivity index (χ1) is 9.86. The largest absolute Gasteiger partial charge is 0.462 e. The summed E-state index contributed by atoms with van der Waals surface area (Å²) in [4.78, 5) is 11.6. The lowest BCUT2D eigenvalue weighted by atomic mass is 10.1. The molecule has 1 aromatic carbocycles. The van der Waals surface area contributed by atoms with E-state index in [-0.39, 0.29) is 12.7 Å². The first-order valence-corrected chi connectivity index (χ1v) is 6.99. The van der Waals surface area contributed by atoms with E-state index >= 15 is 0 Å². The van der Waals surface area contributed by atoms with Crippen LogP contribution in [0.2, 0.25) is 0 Å². The van der Waals surface area contributed by atoms with Crippen LogP contribution >= 0.6 is 11.6 Å². The van der Waals surface area contributed by atoms with E-state index in [1.165, 1.54) is 0 Å². The summed E-state index contributed by atoms with van der Waals surface area (Å²) in [6, 6.07) is 1.87. The maximum Gasteiger partial charge on any atom is 0.417 e. The number of carbonyl (C=O) groups excluding carboxylic acids is 1. The molecule has 0 saturated heterocycles. The van der Waals surface area contributed by atoms with Gasteiger partial charge in [0.15, 0.2) is 0 Å². The predicted octanol–water partition coefficient (Wildman–Crippen LogP) is 4.80. The Morgan fingerprint density at radius 3 is 2.43 bits per heavy atom. The topological polar surface area (TPSA) is 26.3 Å².